The van der Waals surface area contributed by atoms with Crippen LogP contribution in [0.2, 0.25) is 0 Å². The SMILES string of the molecule is NCCSCc1cc(-c2ccco2)on1. The van der Waals surface area contributed by atoms with Crippen molar-refractivity contribution in [3.8, 4) is 11.5 Å². The van der Waals surface area contributed by atoms with Crippen molar-refractivity contribution >= 4 is 11.8 Å². The van der Waals surface area contributed by atoms with Gasteiger partial charge in [-0.05, 0) is 12.1 Å². The second-order valence-electron chi connectivity index (χ2n) is 3.00. The van der Waals surface area contributed by atoms with E-state index < -0.39 is 0 Å². The lowest BCUT2D eigenvalue weighted by Gasteiger charge is -1.92. The van der Waals surface area contributed by atoms with E-state index in [0.29, 0.717) is 18.1 Å². The molecular weight excluding hydrogens is 212 g/mol. The molecule has 4 nitrogen and oxygen atoms in total. The van der Waals surface area contributed by atoms with Gasteiger partial charge in [0.15, 0.2) is 5.76 Å². The lowest BCUT2D eigenvalue weighted by atomic mass is 10.3. The number of furan rings is 1. The van der Waals surface area contributed by atoms with Crippen LogP contribution in [0.25, 0.3) is 11.5 Å². The quantitative estimate of drug-likeness (QED) is 0.788. The van der Waals surface area contributed by atoms with Crippen LogP contribution in [0.1, 0.15) is 5.69 Å². The Hall–Kier alpha value is -1.20. The summed E-state index contributed by atoms with van der Waals surface area (Å²) in [4.78, 5) is 0. The molecule has 0 unspecified atom stereocenters. The molecule has 0 aliphatic heterocycles. The summed E-state index contributed by atoms with van der Waals surface area (Å²) in [7, 11) is 0. The van der Waals surface area contributed by atoms with E-state index in [0.717, 1.165) is 17.2 Å². The van der Waals surface area contributed by atoms with Gasteiger partial charge in [-0.1, -0.05) is 5.16 Å². The third-order valence-corrected chi connectivity index (χ3v) is 2.86. The summed E-state index contributed by atoms with van der Waals surface area (Å²) < 4.78 is 10.3. The molecule has 0 bridgehead atoms. The first-order valence-electron chi connectivity index (χ1n) is 4.67. The van der Waals surface area contributed by atoms with E-state index in [1.165, 1.54) is 0 Å². The van der Waals surface area contributed by atoms with Gasteiger partial charge >= 0.3 is 0 Å². The fourth-order valence-corrected chi connectivity index (χ4v) is 1.83. The van der Waals surface area contributed by atoms with Gasteiger partial charge in [0.2, 0.25) is 5.76 Å². The maximum atomic E-state index is 5.40. The molecule has 0 radical (unpaired) electrons. The monoisotopic (exact) mass is 224 g/mol. The van der Waals surface area contributed by atoms with Gasteiger partial charge in [-0.15, -0.1) is 0 Å². The van der Waals surface area contributed by atoms with Crippen molar-refractivity contribution < 1.29 is 8.94 Å². The van der Waals surface area contributed by atoms with Gasteiger partial charge < -0.3 is 14.7 Å². The normalized spacial score (nSPS) is 10.7. The molecule has 5 heteroatoms. The van der Waals surface area contributed by atoms with Crippen molar-refractivity contribution in [1.29, 1.82) is 0 Å². The van der Waals surface area contributed by atoms with Crippen molar-refractivity contribution in [2.24, 2.45) is 5.73 Å². The number of hydrogen-bond donors (Lipinski definition) is 1. The zero-order valence-corrected chi connectivity index (χ0v) is 9.00. The number of nitrogens with two attached hydrogens (primary N) is 1. The van der Waals surface area contributed by atoms with Crippen molar-refractivity contribution in [2.75, 3.05) is 12.3 Å². The van der Waals surface area contributed by atoms with Gasteiger partial charge in [-0.3, -0.25) is 0 Å². The van der Waals surface area contributed by atoms with E-state index in [2.05, 4.69) is 5.16 Å². The summed E-state index contributed by atoms with van der Waals surface area (Å²) in [5, 5.41) is 3.95. The van der Waals surface area contributed by atoms with Gasteiger partial charge in [0.1, 0.15) is 0 Å². The van der Waals surface area contributed by atoms with Crippen LogP contribution in [0.4, 0.5) is 0 Å². The Morgan fingerprint density at radius 1 is 1.40 bits per heavy atom. The molecular formula is C10H12N2O2S. The maximum Gasteiger partial charge on any atom is 0.202 e. The summed E-state index contributed by atoms with van der Waals surface area (Å²) in [6.45, 7) is 0.688. The van der Waals surface area contributed by atoms with Crippen LogP contribution in [0.5, 0.6) is 0 Å². The van der Waals surface area contributed by atoms with Crippen molar-refractivity contribution in [3.63, 3.8) is 0 Å². The van der Waals surface area contributed by atoms with Crippen molar-refractivity contribution in [3.05, 3.63) is 30.2 Å². The van der Waals surface area contributed by atoms with Crippen LogP contribution in [-0.2, 0) is 5.75 Å². The predicted molar refractivity (Wildman–Crippen MR) is 59.4 cm³/mol. The average Bonchev–Trinajstić information content (AvgIpc) is 2.87. The second-order valence-corrected chi connectivity index (χ2v) is 4.11. The number of thioether (sulfide) groups is 1. The Kier molecular flexibility index (Phi) is 3.47. The minimum absolute atomic E-state index is 0.670. The molecule has 2 rings (SSSR count). The fourth-order valence-electron chi connectivity index (χ4n) is 1.17. The summed E-state index contributed by atoms with van der Waals surface area (Å²) in [5.41, 5.74) is 6.31. The molecule has 0 saturated heterocycles. The molecule has 2 aromatic heterocycles. The lowest BCUT2D eigenvalue weighted by Crippen LogP contribution is -2.01. The van der Waals surface area contributed by atoms with Crippen LogP contribution in [0, 0.1) is 0 Å². The molecule has 0 fully saturated rings. The molecule has 0 aliphatic carbocycles. The third kappa shape index (κ3) is 2.64. The predicted octanol–water partition coefficient (Wildman–Crippen LogP) is 2.13. The van der Waals surface area contributed by atoms with E-state index >= 15 is 0 Å². The molecule has 0 aromatic carbocycles. The third-order valence-electron chi connectivity index (χ3n) is 1.84. The highest BCUT2D eigenvalue weighted by Crippen LogP contribution is 2.22. The summed E-state index contributed by atoms with van der Waals surface area (Å²) in [6.07, 6.45) is 1.61. The van der Waals surface area contributed by atoms with E-state index in [4.69, 9.17) is 14.7 Å². The molecule has 2 N–H and O–H groups in total. The first-order chi connectivity index (χ1) is 7.40. The maximum absolute atomic E-state index is 5.40. The standard InChI is InChI=1S/C10H12N2O2S/c11-3-5-15-7-8-6-10(14-12-8)9-2-1-4-13-9/h1-2,4,6H,3,5,7,11H2. The Labute approximate surface area is 91.8 Å². The molecule has 0 saturated carbocycles. The number of rotatable bonds is 5. The van der Waals surface area contributed by atoms with Crippen LogP contribution < -0.4 is 5.73 Å². The van der Waals surface area contributed by atoms with Crippen molar-refractivity contribution in [1.82, 2.24) is 5.16 Å². The van der Waals surface area contributed by atoms with Crippen molar-refractivity contribution in [2.45, 2.75) is 5.75 Å². The number of hydrogen-bond acceptors (Lipinski definition) is 5. The highest BCUT2D eigenvalue weighted by Gasteiger charge is 2.08. The zero-order valence-electron chi connectivity index (χ0n) is 8.18. The second kappa shape index (κ2) is 5.04. The largest absolute Gasteiger partial charge is 0.461 e. The van der Waals surface area contributed by atoms with E-state index in [-0.39, 0.29) is 0 Å². The Balaban J connectivity index is 1.98. The van der Waals surface area contributed by atoms with Crippen LogP contribution in [0.3, 0.4) is 0 Å². The number of aromatic nitrogens is 1. The molecule has 0 spiro atoms. The summed E-state index contributed by atoms with van der Waals surface area (Å²) in [5.74, 6) is 3.13. The van der Waals surface area contributed by atoms with Gasteiger partial charge in [-0.25, -0.2) is 0 Å². The van der Waals surface area contributed by atoms with E-state index in [1.807, 2.05) is 18.2 Å². The Morgan fingerprint density at radius 3 is 3.07 bits per heavy atom. The molecule has 0 atom stereocenters. The average molecular weight is 224 g/mol. The Morgan fingerprint density at radius 2 is 2.33 bits per heavy atom. The van der Waals surface area contributed by atoms with E-state index in [1.54, 1.807) is 18.0 Å². The molecule has 0 aliphatic rings. The molecule has 2 heterocycles. The topological polar surface area (TPSA) is 65.2 Å². The fraction of sp³-hybridized carbons (Fsp3) is 0.300. The molecule has 2 aromatic rings. The highest BCUT2D eigenvalue weighted by atomic mass is 32.2. The van der Waals surface area contributed by atoms with Gasteiger partial charge in [0.25, 0.3) is 0 Å². The van der Waals surface area contributed by atoms with E-state index in [9.17, 15) is 0 Å². The summed E-state index contributed by atoms with van der Waals surface area (Å²) in [6, 6.07) is 5.56. The molecule has 80 valence electrons. The minimum Gasteiger partial charge on any atom is -0.461 e. The molecule has 0 amide bonds. The minimum atomic E-state index is 0.670. The van der Waals surface area contributed by atoms with Crippen LogP contribution in [-0.4, -0.2) is 17.5 Å². The van der Waals surface area contributed by atoms with Crippen LogP contribution >= 0.6 is 11.8 Å². The number of nitrogens with zero attached hydrogens (tertiary/aromatic N) is 1. The van der Waals surface area contributed by atoms with Crippen LogP contribution in [0.15, 0.2) is 33.4 Å². The van der Waals surface area contributed by atoms with Gasteiger partial charge in [0.05, 0.1) is 12.0 Å². The summed E-state index contributed by atoms with van der Waals surface area (Å²) >= 11 is 1.74. The highest BCUT2D eigenvalue weighted by molar-refractivity contribution is 7.98. The van der Waals surface area contributed by atoms with Gasteiger partial charge in [-0.2, -0.15) is 11.8 Å². The molecule has 15 heavy (non-hydrogen) atoms. The first kappa shape index (κ1) is 10.3. The Bertz CT molecular complexity index is 397. The first-order valence-corrected chi connectivity index (χ1v) is 5.83. The smallest absolute Gasteiger partial charge is 0.202 e. The van der Waals surface area contributed by atoms with Gasteiger partial charge in [0, 0.05) is 24.1 Å². The zero-order chi connectivity index (χ0) is 10.5. The lowest BCUT2D eigenvalue weighted by molar-refractivity contribution is 0.413.